The number of hydrogen-bond acceptors (Lipinski definition) is 12. The number of anilines is 3. The second-order valence-corrected chi connectivity index (χ2v) is 13.2. The molecule has 1 aromatic carbocycles. The van der Waals surface area contributed by atoms with Gasteiger partial charge >= 0.3 is 0 Å². The zero-order chi connectivity index (χ0) is 27.9. The number of nitrogens with one attached hydrogen (secondary N) is 4. The van der Waals surface area contributed by atoms with Crippen LogP contribution < -0.4 is 10.6 Å². The van der Waals surface area contributed by atoms with Crippen molar-refractivity contribution in [3.8, 4) is 0 Å². The first-order valence-electron chi connectivity index (χ1n) is 10.3. The van der Waals surface area contributed by atoms with Crippen LogP contribution in [0.4, 0.5) is 17.6 Å². The quantitative estimate of drug-likeness (QED) is 0.0811. The van der Waals surface area contributed by atoms with Crippen LogP contribution in [0.15, 0.2) is 70.4 Å². The molecule has 1 aliphatic carbocycles. The van der Waals surface area contributed by atoms with E-state index in [0.29, 0.717) is 21.4 Å². The van der Waals surface area contributed by atoms with Crippen molar-refractivity contribution in [1.82, 2.24) is 19.9 Å². The summed E-state index contributed by atoms with van der Waals surface area (Å²) >= 11 is 18.4. The molecule has 38 heavy (non-hydrogen) atoms. The average molecular weight is 631 g/mol. The summed E-state index contributed by atoms with van der Waals surface area (Å²) in [5, 5.41) is 6.25. The predicted octanol–water partition coefficient (Wildman–Crippen LogP) is 4.03. The van der Waals surface area contributed by atoms with E-state index in [9.17, 15) is 25.9 Å². The fourth-order valence-electron chi connectivity index (χ4n) is 3.77. The average Bonchev–Trinajstić information content (AvgIpc) is 2.77. The lowest BCUT2D eigenvalue weighted by molar-refractivity contribution is 0.428. The van der Waals surface area contributed by atoms with Crippen LogP contribution in [0, 0.1) is 9.28 Å². The van der Waals surface area contributed by atoms with E-state index >= 15 is 0 Å². The molecule has 0 saturated heterocycles. The minimum atomic E-state index is -5.47. The van der Waals surface area contributed by atoms with Crippen LogP contribution in [0.1, 0.15) is 11.5 Å². The molecule has 0 aliphatic heterocycles. The Hall–Kier alpha value is -2.58. The largest absolute Gasteiger partial charge is 0.326 e. The molecule has 1 unspecified atom stereocenters. The Morgan fingerprint density at radius 1 is 0.868 bits per heavy atom. The molecule has 1 aliphatic rings. The fraction of sp³-hybridized carbons (Fsp3) is 0.100. The maximum atomic E-state index is 12.6. The second-order valence-electron chi connectivity index (χ2n) is 7.88. The van der Waals surface area contributed by atoms with Gasteiger partial charge in [0, 0.05) is 29.4 Å². The van der Waals surface area contributed by atoms with Crippen molar-refractivity contribution in [2.24, 2.45) is 0 Å². The zero-order valence-electron chi connectivity index (χ0n) is 18.7. The van der Waals surface area contributed by atoms with Gasteiger partial charge in [0.15, 0.2) is 0 Å². The topological polar surface area (TPSA) is 190 Å². The SMILES string of the molecule is O=S(=O)(O)C1(S(=O)(=O)O)C=C(Nc2nc(S)cc(=S)[nH]2)C=CC1c1ccc(Nc2nc(S)cc(=S)[nH]2)cc1. The molecule has 0 saturated carbocycles. The molecule has 2 aromatic heterocycles. The van der Waals surface area contributed by atoms with Gasteiger partial charge in [0.2, 0.25) is 11.9 Å². The summed E-state index contributed by atoms with van der Waals surface area (Å²) in [5.74, 6) is -1.24. The van der Waals surface area contributed by atoms with Crippen LogP contribution in [-0.2, 0) is 20.2 Å². The van der Waals surface area contributed by atoms with Crippen LogP contribution >= 0.6 is 49.7 Å². The van der Waals surface area contributed by atoms with Gasteiger partial charge in [0.05, 0.1) is 10.1 Å². The van der Waals surface area contributed by atoms with E-state index in [4.69, 9.17) is 24.4 Å². The van der Waals surface area contributed by atoms with Crippen molar-refractivity contribution >= 4 is 87.5 Å². The Morgan fingerprint density at radius 2 is 1.37 bits per heavy atom. The summed E-state index contributed by atoms with van der Waals surface area (Å²) in [5.41, 5.74) is 0.525. The van der Waals surface area contributed by atoms with Crippen LogP contribution in [0.5, 0.6) is 0 Å². The molecule has 1 atom stereocenters. The van der Waals surface area contributed by atoms with E-state index in [1.54, 1.807) is 6.07 Å². The Balaban J connectivity index is 1.75. The number of hydrogen-bond donors (Lipinski definition) is 8. The van der Waals surface area contributed by atoms with Crippen molar-refractivity contribution < 1.29 is 25.9 Å². The molecule has 2 heterocycles. The predicted molar refractivity (Wildman–Crippen MR) is 152 cm³/mol. The second kappa shape index (κ2) is 10.5. The molecule has 0 spiro atoms. The van der Waals surface area contributed by atoms with Gasteiger partial charge in [-0.2, -0.15) is 16.8 Å². The van der Waals surface area contributed by atoms with Crippen LogP contribution in [0.2, 0.25) is 0 Å². The van der Waals surface area contributed by atoms with Crippen molar-refractivity contribution in [1.29, 1.82) is 0 Å². The van der Waals surface area contributed by atoms with Gasteiger partial charge in [-0.15, -0.1) is 25.3 Å². The van der Waals surface area contributed by atoms with Gasteiger partial charge in [-0.05, 0) is 29.8 Å². The standard InChI is InChI=1S/C20H18N6O6S6/c27-37(28,29)20(38(30,31)32)9-12(22-19-25-16(35)8-17(36)26-19)5-6-13(20)10-1-3-11(4-2-10)21-18-23-14(33)7-15(34)24-18/h1-9,13H,(H,27,28,29)(H,30,31,32)(H3,21,23,24,33,34)(H3,22,25,26,35,36). The van der Waals surface area contributed by atoms with E-state index in [2.05, 4.69) is 55.8 Å². The zero-order valence-corrected chi connectivity index (χ0v) is 23.8. The number of rotatable bonds is 7. The van der Waals surface area contributed by atoms with Crippen molar-refractivity contribution in [2.45, 2.75) is 20.0 Å². The first-order valence-corrected chi connectivity index (χ1v) is 14.9. The smallest absolute Gasteiger partial charge is 0.292 e. The maximum absolute atomic E-state index is 12.6. The van der Waals surface area contributed by atoms with Crippen LogP contribution in [-0.4, -0.2) is 50.0 Å². The summed E-state index contributed by atoms with van der Waals surface area (Å²) in [6.45, 7) is 0. The van der Waals surface area contributed by atoms with Gasteiger partial charge in [-0.1, -0.05) is 42.6 Å². The summed E-state index contributed by atoms with van der Waals surface area (Å²) in [6.07, 6.45) is 3.28. The van der Waals surface area contributed by atoms with Crippen LogP contribution in [0.25, 0.3) is 0 Å². The normalized spacial score (nSPS) is 17.1. The molecule has 0 amide bonds. The molecule has 6 N–H and O–H groups in total. The van der Waals surface area contributed by atoms with Gasteiger partial charge in [-0.25, -0.2) is 9.97 Å². The van der Waals surface area contributed by atoms with E-state index in [0.717, 1.165) is 0 Å². The first kappa shape index (κ1) is 28.4. The Labute approximate surface area is 238 Å². The lowest BCUT2D eigenvalue weighted by Crippen LogP contribution is -2.50. The number of thiol groups is 2. The van der Waals surface area contributed by atoms with Gasteiger partial charge in [-0.3, -0.25) is 9.11 Å². The molecule has 12 nitrogen and oxygen atoms in total. The highest BCUT2D eigenvalue weighted by Gasteiger charge is 2.59. The molecule has 18 heteroatoms. The van der Waals surface area contributed by atoms with E-state index in [-0.39, 0.29) is 32.8 Å². The minimum absolute atomic E-state index is 0.0183. The van der Waals surface area contributed by atoms with Crippen molar-refractivity contribution in [3.05, 3.63) is 75.2 Å². The highest BCUT2D eigenvalue weighted by Crippen LogP contribution is 2.44. The summed E-state index contributed by atoms with van der Waals surface area (Å²) in [4.78, 5) is 13.7. The monoisotopic (exact) mass is 630 g/mol. The molecular formula is C20H18N6O6S6. The molecular weight excluding hydrogens is 613 g/mol. The number of benzene rings is 1. The summed E-state index contributed by atoms with van der Waals surface area (Å²) < 4.78 is 68.3. The number of aromatic nitrogens is 4. The third-order valence-corrected chi connectivity index (χ3v) is 9.83. The van der Waals surface area contributed by atoms with E-state index in [1.165, 1.54) is 42.5 Å². The van der Waals surface area contributed by atoms with Crippen molar-refractivity contribution in [3.63, 3.8) is 0 Å². The third kappa shape index (κ3) is 5.86. The number of nitrogens with zero attached hydrogens (tertiary/aromatic N) is 2. The van der Waals surface area contributed by atoms with Gasteiger partial charge in [0.1, 0.15) is 9.28 Å². The Bertz CT molecular complexity index is 1770. The third-order valence-electron chi connectivity index (χ3n) is 5.32. The fourth-order valence-corrected chi connectivity index (χ4v) is 7.51. The Kier molecular flexibility index (Phi) is 7.88. The highest BCUT2D eigenvalue weighted by atomic mass is 32.3. The summed E-state index contributed by atoms with van der Waals surface area (Å²) in [6, 6.07) is 8.89. The molecule has 200 valence electrons. The highest BCUT2D eigenvalue weighted by molar-refractivity contribution is 8.05. The van der Waals surface area contributed by atoms with E-state index < -0.39 is 30.2 Å². The first-order chi connectivity index (χ1) is 17.7. The molecule has 0 fully saturated rings. The molecule has 0 bridgehead atoms. The van der Waals surface area contributed by atoms with Gasteiger partial charge < -0.3 is 20.6 Å². The Morgan fingerprint density at radius 3 is 1.84 bits per heavy atom. The summed E-state index contributed by atoms with van der Waals surface area (Å²) in [7, 11) is -10.9. The minimum Gasteiger partial charge on any atom is -0.326 e. The maximum Gasteiger partial charge on any atom is 0.292 e. The van der Waals surface area contributed by atoms with Gasteiger partial charge in [0.25, 0.3) is 24.3 Å². The molecule has 0 radical (unpaired) electrons. The lowest BCUT2D eigenvalue weighted by Gasteiger charge is -2.34. The number of aromatic amines is 2. The van der Waals surface area contributed by atoms with Crippen molar-refractivity contribution in [2.75, 3.05) is 10.6 Å². The van der Waals surface area contributed by atoms with E-state index in [1.807, 2.05) is 0 Å². The number of allylic oxidation sites excluding steroid dienone is 2. The van der Waals surface area contributed by atoms with Crippen LogP contribution in [0.3, 0.4) is 0 Å². The lowest BCUT2D eigenvalue weighted by atomic mass is 9.90. The number of H-pyrrole nitrogens is 2. The molecule has 3 aromatic rings. The molecule has 4 rings (SSSR count).